The molecule has 8 heteroatoms. The average Bonchev–Trinajstić information content (AvgIpc) is 3.14. The number of fused-ring (bicyclic) bond motifs is 5. The zero-order valence-corrected chi connectivity index (χ0v) is 17.9. The fourth-order valence-corrected chi connectivity index (χ4v) is 4.84. The van der Waals surface area contributed by atoms with Gasteiger partial charge in [0.25, 0.3) is 5.56 Å². The van der Waals surface area contributed by atoms with Crippen LogP contribution in [0.5, 0.6) is 5.75 Å². The normalized spacial score (nSPS) is 18.8. The molecule has 0 radical (unpaired) electrons. The largest absolute Gasteiger partial charge is 0.494 e. The molecule has 32 heavy (non-hydrogen) atoms. The Morgan fingerprint density at radius 2 is 2.06 bits per heavy atom. The molecule has 1 unspecified atom stereocenters. The predicted molar refractivity (Wildman–Crippen MR) is 115 cm³/mol. The van der Waals surface area contributed by atoms with E-state index in [2.05, 4.69) is 0 Å². The van der Waals surface area contributed by atoms with Gasteiger partial charge in [0.15, 0.2) is 5.60 Å². The van der Waals surface area contributed by atoms with Gasteiger partial charge in [-0.15, -0.1) is 0 Å². The van der Waals surface area contributed by atoms with Gasteiger partial charge in [0, 0.05) is 22.9 Å². The van der Waals surface area contributed by atoms with Crippen molar-refractivity contribution in [3.8, 4) is 17.1 Å². The zero-order valence-electron chi connectivity index (χ0n) is 17.9. The Bertz CT molecular complexity index is 1330. The summed E-state index contributed by atoms with van der Waals surface area (Å²) in [5.74, 6) is -0.180. The maximum atomic E-state index is 13.3. The van der Waals surface area contributed by atoms with Crippen molar-refractivity contribution in [1.82, 2.24) is 9.55 Å². The van der Waals surface area contributed by atoms with Gasteiger partial charge < -0.3 is 19.1 Å². The van der Waals surface area contributed by atoms with Crippen molar-refractivity contribution in [1.29, 1.82) is 0 Å². The quantitative estimate of drug-likeness (QED) is 0.482. The number of nitrogens with zero attached hydrogens (tertiary/aromatic N) is 2. The number of carbonyl (C=O) groups excluding carboxylic acids is 1. The van der Waals surface area contributed by atoms with Crippen molar-refractivity contribution in [3.63, 3.8) is 0 Å². The molecule has 7 nitrogen and oxygen atoms in total. The van der Waals surface area contributed by atoms with E-state index in [0.717, 1.165) is 34.2 Å². The first-order valence-electron chi connectivity index (χ1n) is 10.7. The minimum absolute atomic E-state index is 0.113. The number of hydrogen-bond acceptors (Lipinski definition) is 6. The first-order valence-corrected chi connectivity index (χ1v) is 10.7. The molecule has 0 spiro atoms. The van der Waals surface area contributed by atoms with Crippen LogP contribution in [0.3, 0.4) is 0 Å². The highest BCUT2D eigenvalue weighted by atomic mass is 19.1. The molecule has 1 atom stereocenters. The Morgan fingerprint density at radius 1 is 1.25 bits per heavy atom. The Hall–Kier alpha value is -3.26. The van der Waals surface area contributed by atoms with Crippen LogP contribution < -0.4 is 10.3 Å². The molecule has 0 fully saturated rings. The Kier molecular flexibility index (Phi) is 4.78. The maximum Gasteiger partial charge on any atom is 0.343 e. The summed E-state index contributed by atoms with van der Waals surface area (Å²) in [6.45, 7) is 3.69. The number of aliphatic hydroxyl groups is 1. The number of hydrogen-bond donors (Lipinski definition) is 1. The Morgan fingerprint density at radius 3 is 2.78 bits per heavy atom. The van der Waals surface area contributed by atoms with Crippen LogP contribution in [0, 0.1) is 0 Å². The number of halogens is 1. The van der Waals surface area contributed by atoms with Crippen LogP contribution in [0.25, 0.3) is 22.3 Å². The van der Waals surface area contributed by atoms with E-state index in [0.29, 0.717) is 24.5 Å². The van der Waals surface area contributed by atoms with Gasteiger partial charge in [0.2, 0.25) is 0 Å². The average molecular weight is 438 g/mol. The molecule has 2 aliphatic heterocycles. The summed E-state index contributed by atoms with van der Waals surface area (Å²) in [7, 11) is 0. The minimum Gasteiger partial charge on any atom is -0.494 e. The maximum absolute atomic E-state index is 13.3. The molecule has 0 bridgehead atoms. The van der Waals surface area contributed by atoms with Gasteiger partial charge in [0.1, 0.15) is 12.4 Å². The number of cyclic esters (lactones) is 1. The Balaban J connectivity index is 1.76. The van der Waals surface area contributed by atoms with Crippen LogP contribution in [0.2, 0.25) is 0 Å². The number of benzene rings is 1. The molecule has 2 aliphatic rings. The van der Waals surface area contributed by atoms with Crippen LogP contribution in [0.4, 0.5) is 4.39 Å². The molecule has 5 rings (SSSR count). The van der Waals surface area contributed by atoms with Crippen LogP contribution in [-0.2, 0) is 34.7 Å². The summed E-state index contributed by atoms with van der Waals surface area (Å²) >= 11 is 0. The van der Waals surface area contributed by atoms with E-state index < -0.39 is 24.7 Å². The fraction of sp³-hybridized carbons (Fsp3) is 0.375. The second-order valence-corrected chi connectivity index (χ2v) is 8.07. The first kappa shape index (κ1) is 20.6. The third-order valence-corrected chi connectivity index (χ3v) is 6.39. The fourth-order valence-electron chi connectivity index (χ4n) is 4.84. The van der Waals surface area contributed by atoms with Crippen LogP contribution in [0.1, 0.15) is 42.5 Å². The van der Waals surface area contributed by atoms with Gasteiger partial charge in [-0.05, 0) is 43.2 Å². The molecule has 0 saturated carbocycles. The summed E-state index contributed by atoms with van der Waals surface area (Å²) in [6.07, 6.45) is 0.257. The van der Waals surface area contributed by atoms with Crippen molar-refractivity contribution in [2.24, 2.45) is 0 Å². The van der Waals surface area contributed by atoms with Crippen molar-refractivity contribution in [3.05, 3.63) is 56.9 Å². The van der Waals surface area contributed by atoms with Crippen molar-refractivity contribution < 1.29 is 23.8 Å². The predicted octanol–water partition coefficient (Wildman–Crippen LogP) is 2.99. The van der Waals surface area contributed by atoms with Crippen molar-refractivity contribution in [2.75, 3.05) is 13.3 Å². The number of pyridine rings is 2. The molecule has 0 amide bonds. The van der Waals surface area contributed by atoms with E-state index in [-0.39, 0.29) is 23.3 Å². The summed E-state index contributed by atoms with van der Waals surface area (Å²) in [6, 6.07) is 7.31. The molecular formula is C24H23FN2O5. The molecule has 3 aromatic rings. The Labute approximate surface area is 183 Å². The SMILES string of the molecule is CCOc1ccc2nc3c(c(CC)c2c1)Cn1c-3cc2c(c1=O)COC(=O)C2(O)CCF. The molecule has 166 valence electrons. The van der Waals surface area contributed by atoms with Gasteiger partial charge in [-0.3, -0.25) is 9.18 Å². The topological polar surface area (TPSA) is 90.7 Å². The second kappa shape index (κ2) is 7.41. The van der Waals surface area contributed by atoms with E-state index in [9.17, 15) is 19.1 Å². The molecule has 4 heterocycles. The minimum atomic E-state index is -2.18. The lowest BCUT2D eigenvalue weighted by Crippen LogP contribution is -2.45. The lowest BCUT2D eigenvalue weighted by atomic mass is 9.85. The lowest BCUT2D eigenvalue weighted by molar-refractivity contribution is -0.173. The molecule has 1 aromatic carbocycles. The summed E-state index contributed by atoms with van der Waals surface area (Å²) in [5.41, 5.74) is 1.66. The van der Waals surface area contributed by atoms with Gasteiger partial charge in [-0.1, -0.05) is 6.92 Å². The molecule has 1 N–H and O–H groups in total. The lowest BCUT2D eigenvalue weighted by Gasteiger charge is -2.31. The number of carbonyl (C=O) groups is 1. The van der Waals surface area contributed by atoms with E-state index in [1.165, 1.54) is 0 Å². The number of aryl methyl sites for hydroxylation is 1. The van der Waals surface area contributed by atoms with Crippen LogP contribution in [0.15, 0.2) is 29.1 Å². The summed E-state index contributed by atoms with van der Waals surface area (Å²) < 4.78 is 25.5. The van der Waals surface area contributed by atoms with E-state index in [1.807, 2.05) is 32.0 Å². The van der Waals surface area contributed by atoms with Crippen molar-refractivity contribution in [2.45, 2.75) is 45.4 Å². The standard InChI is InChI=1S/C24H23FN2O5/c1-3-14-15-9-13(31-4-2)5-6-19(15)26-21-16(14)11-27-20(21)10-18-17(22(27)28)12-32-23(29)24(18,30)7-8-25/h5-6,9-10,30H,3-4,7-8,11-12H2,1-2H3. The highest BCUT2D eigenvalue weighted by Gasteiger charge is 2.46. The summed E-state index contributed by atoms with van der Waals surface area (Å²) in [4.78, 5) is 30.5. The van der Waals surface area contributed by atoms with Gasteiger partial charge in [-0.2, -0.15) is 0 Å². The van der Waals surface area contributed by atoms with E-state index >= 15 is 0 Å². The van der Waals surface area contributed by atoms with Crippen LogP contribution >= 0.6 is 0 Å². The first-order chi connectivity index (χ1) is 15.4. The molecule has 2 aromatic heterocycles. The monoisotopic (exact) mass is 438 g/mol. The third kappa shape index (κ3) is 2.79. The number of ether oxygens (including phenoxy) is 2. The van der Waals surface area contributed by atoms with Gasteiger partial charge in [-0.25, -0.2) is 9.78 Å². The van der Waals surface area contributed by atoms with Crippen molar-refractivity contribution >= 4 is 16.9 Å². The number of aromatic nitrogens is 2. The van der Waals surface area contributed by atoms with Gasteiger partial charge >= 0.3 is 5.97 Å². The highest BCUT2D eigenvalue weighted by molar-refractivity contribution is 5.90. The van der Waals surface area contributed by atoms with Gasteiger partial charge in [0.05, 0.1) is 42.3 Å². The number of esters is 1. The second-order valence-electron chi connectivity index (χ2n) is 8.07. The molecule has 0 saturated heterocycles. The number of alkyl halides is 1. The summed E-state index contributed by atoms with van der Waals surface area (Å²) in [5, 5.41) is 11.9. The smallest absolute Gasteiger partial charge is 0.343 e. The molecular weight excluding hydrogens is 415 g/mol. The third-order valence-electron chi connectivity index (χ3n) is 6.39. The zero-order chi connectivity index (χ0) is 22.6. The van der Waals surface area contributed by atoms with Crippen LogP contribution in [-0.4, -0.2) is 33.9 Å². The van der Waals surface area contributed by atoms with E-state index in [4.69, 9.17) is 14.5 Å². The number of rotatable bonds is 5. The molecule has 0 aliphatic carbocycles. The van der Waals surface area contributed by atoms with E-state index in [1.54, 1.807) is 10.6 Å². The highest BCUT2D eigenvalue weighted by Crippen LogP contribution is 2.40.